The molecule has 2 aromatic rings. The number of alkyl halides is 3. The lowest BCUT2D eigenvalue weighted by molar-refractivity contribution is -0.184. The first kappa shape index (κ1) is 12.8. The highest BCUT2D eigenvalue weighted by molar-refractivity contribution is 7.17. The van der Waals surface area contributed by atoms with Crippen LogP contribution in [0, 0.1) is 0 Å². The Morgan fingerprint density at radius 1 is 1.33 bits per heavy atom. The lowest BCUT2D eigenvalue weighted by Gasteiger charge is -2.07. The molecule has 96 valence electrons. The van der Waals surface area contributed by atoms with Gasteiger partial charge >= 0.3 is 6.18 Å². The van der Waals surface area contributed by atoms with Gasteiger partial charge in [-0.05, 0) is 6.07 Å². The third-order valence-electron chi connectivity index (χ3n) is 2.13. The number of rotatable bonds is 3. The van der Waals surface area contributed by atoms with E-state index in [1.165, 1.54) is 11.3 Å². The molecule has 3 nitrogen and oxygen atoms in total. The zero-order chi connectivity index (χ0) is 13.2. The number of amides is 1. The largest absolute Gasteiger partial charge is 0.414 e. The fourth-order valence-corrected chi connectivity index (χ4v) is 2.33. The van der Waals surface area contributed by atoms with Gasteiger partial charge < -0.3 is 0 Å². The van der Waals surface area contributed by atoms with Crippen LogP contribution in [0.5, 0.6) is 0 Å². The van der Waals surface area contributed by atoms with Gasteiger partial charge in [0.15, 0.2) is 6.61 Å². The maximum atomic E-state index is 11.8. The number of hydroxylamine groups is 1. The second-order valence-electron chi connectivity index (χ2n) is 3.48. The summed E-state index contributed by atoms with van der Waals surface area (Å²) >= 11 is 1.34. The lowest BCUT2D eigenvalue weighted by Crippen LogP contribution is -2.29. The van der Waals surface area contributed by atoms with Gasteiger partial charge in [0.05, 0.1) is 5.56 Å². The SMILES string of the molecule is O=C(NOCC(F)(F)F)c1csc2ccccc12. The van der Waals surface area contributed by atoms with Crippen LogP contribution in [-0.4, -0.2) is 18.7 Å². The minimum atomic E-state index is -4.47. The average molecular weight is 275 g/mol. The third kappa shape index (κ3) is 2.99. The van der Waals surface area contributed by atoms with Crippen molar-refractivity contribution < 1.29 is 22.8 Å². The molecule has 1 heterocycles. The van der Waals surface area contributed by atoms with Crippen molar-refractivity contribution in [3.63, 3.8) is 0 Å². The molecular formula is C11H8F3NO2S. The monoisotopic (exact) mass is 275 g/mol. The lowest BCUT2D eigenvalue weighted by atomic mass is 10.2. The fourth-order valence-electron chi connectivity index (χ4n) is 1.39. The number of hydrogen-bond donors (Lipinski definition) is 1. The van der Waals surface area contributed by atoms with Crippen LogP contribution < -0.4 is 5.48 Å². The van der Waals surface area contributed by atoms with E-state index < -0.39 is 18.7 Å². The molecule has 0 saturated carbocycles. The molecule has 1 N–H and O–H groups in total. The molecule has 18 heavy (non-hydrogen) atoms. The number of nitrogens with one attached hydrogen (secondary N) is 1. The molecule has 0 aliphatic heterocycles. The van der Waals surface area contributed by atoms with E-state index in [2.05, 4.69) is 4.84 Å². The molecule has 0 bridgehead atoms. The minimum absolute atomic E-state index is 0.303. The molecule has 0 aliphatic carbocycles. The van der Waals surface area contributed by atoms with Crippen LogP contribution in [0.1, 0.15) is 10.4 Å². The van der Waals surface area contributed by atoms with Crippen molar-refractivity contribution >= 4 is 27.3 Å². The van der Waals surface area contributed by atoms with Gasteiger partial charge in [-0.2, -0.15) is 13.2 Å². The fraction of sp³-hybridized carbons (Fsp3) is 0.182. The molecule has 0 radical (unpaired) electrons. The molecule has 0 fully saturated rings. The number of hydrogen-bond acceptors (Lipinski definition) is 3. The van der Waals surface area contributed by atoms with Crippen molar-refractivity contribution in [1.82, 2.24) is 5.48 Å². The van der Waals surface area contributed by atoms with Gasteiger partial charge in [0.1, 0.15) is 0 Å². The highest BCUT2D eigenvalue weighted by Crippen LogP contribution is 2.25. The van der Waals surface area contributed by atoms with Gasteiger partial charge in [-0.1, -0.05) is 18.2 Å². The normalized spacial score (nSPS) is 11.7. The Morgan fingerprint density at radius 3 is 2.78 bits per heavy atom. The molecule has 1 aromatic carbocycles. The minimum Gasteiger partial charge on any atom is -0.267 e. The maximum absolute atomic E-state index is 11.8. The van der Waals surface area contributed by atoms with Crippen LogP contribution in [0.3, 0.4) is 0 Å². The Balaban J connectivity index is 2.05. The van der Waals surface area contributed by atoms with Gasteiger partial charge in [0, 0.05) is 15.5 Å². The Morgan fingerprint density at radius 2 is 2.06 bits per heavy atom. The van der Waals surface area contributed by atoms with Crippen molar-refractivity contribution in [2.24, 2.45) is 0 Å². The smallest absolute Gasteiger partial charge is 0.267 e. The van der Waals surface area contributed by atoms with E-state index >= 15 is 0 Å². The molecule has 0 unspecified atom stereocenters. The zero-order valence-corrected chi connectivity index (χ0v) is 9.77. The van der Waals surface area contributed by atoms with Gasteiger partial charge in [0.25, 0.3) is 5.91 Å². The van der Waals surface area contributed by atoms with Gasteiger partial charge in [-0.15, -0.1) is 11.3 Å². The van der Waals surface area contributed by atoms with E-state index in [0.717, 1.165) is 4.70 Å². The number of carbonyl (C=O) groups is 1. The van der Waals surface area contributed by atoms with E-state index in [1.807, 2.05) is 12.1 Å². The molecule has 0 aliphatic rings. The predicted octanol–water partition coefficient (Wildman–Crippen LogP) is 3.13. The van der Waals surface area contributed by atoms with Crippen molar-refractivity contribution in [3.8, 4) is 0 Å². The number of carbonyl (C=O) groups excluding carboxylic acids is 1. The van der Waals surface area contributed by atoms with E-state index in [4.69, 9.17) is 0 Å². The van der Waals surface area contributed by atoms with E-state index in [1.54, 1.807) is 23.0 Å². The Kier molecular flexibility index (Phi) is 3.53. The van der Waals surface area contributed by atoms with E-state index in [0.29, 0.717) is 10.9 Å². The summed E-state index contributed by atoms with van der Waals surface area (Å²) in [4.78, 5) is 15.7. The second-order valence-corrected chi connectivity index (χ2v) is 4.39. The molecule has 0 saturated heterocycles. The summed E-state index contributed by atoms with van der Waals surface area (Å²) in [6, 6.07) is 7.13. The highest BCUT2D eigenvalue weighted by Gasteiger charge is 2.28. The van der Waals surface area contributed by atoms with Crippen LogP contribution in [0.4, 0.5) is 13.2 Å². The van der Waals surface area contributed by atoms with E-state index in [9.17, 15) is 18.0 Å². The summed E-state index contributed by atoms with van der Waals surface area (Å²) in [7, 11) is 0. The summed E-state index contributed by atoms with van der Waals surface area (Å²) in [5, 5.41) is 2.27. The summed E-state index contributed by atoms with van der Waals surface area (Å²) in [5.74, 6) is -0.684. The summed E-state index contributed by atoms with van der Waals surface area (Å²) in [6.45, 7) is -1.51. The summed E-state index contributed by atoms with van der Waals surface area (Å²) in [6.07, 6.45) is -4.47. The van der Waals surface area contributed by atoms with Crippen LogP contribution in [0.2, 0.25) is 0 Å². The van der Waals surface area contributed by atoms with Crippen molar-refractivity contribution in [1.29, 1.82) is 0 Å². The van der Waals surface area contributed by atoms with Crippen molar-refractivity contribution in [2.45, 2.75) is 6.18 Å². The first-order chi connectivity index (χ1) is 8.47. The van der Waals surface area contributed by atoms with Gasteiger partial charge in [0.2, 0.25) is 0 Å². The van der Waals surface area contributed by atoms with Crippen molar-refractivity contribution in [2.75, 3.05) is 6.61 Å². The van der Waals surface area contributed by atoms with Crippen LogP contribution in [0.25, 0.3) is 10.1 Å². The van der Waals surface area contributed by atoms with Crippen LogP contribution in [-0.2, 0) is 4.84 Å². The molecule has 2 rings (SSSR count). The highest BCUT2D eigenvalue weighted by atomic mass is 32.1. The Bertz CT molecular complexity index is 565. The van der Waals surface area contributed by atoms with E-state index in [-0.39, 0.29) is 0 Å². The van der Waals surface area contributed by atoms with Crippen molar-refractivity contribution in [3.05, 3.63) is 35.2 Å². The quantitative estimate of drug-likeness (QED) is 0.874. The molecule has 7 heteroatoms. The van der Waals surface area contributed by atoms with Gasteiger partial charge in [-0.25, -0.2) is 5.48 Å². The Hall–Kier alpha value is -1.60. The molecule has 0 spiro atoms. The van der Waals surface area contributed by atoms with Gasteiger partial charge in [-0.3, -0.25) is 9.63 Å². The first-order valence-electron chi connectivity index (χ1n) is 4.92. The molecule has 1 amide bonds. The predicted molar refractivity (Wildman–Crippen MR) is 61.3 cm³/mol. The summed E-state index contributed by atoms with van der Waals surface area (Å²) < 4.78 is 36.4. The first-order valence-corrected chi connectivity index (χ1v) is 5.80. The second kappa shape index (κ2) is 4.95. The molecular weight excluding hydrogens is 267 g/mol. The summed E-state index contributed by atoms with van der Waals surface area (Å²) in [5.41, 5.74) is 2.08. The zero-order valence-electron chi connectivity index (χ0n) is 8.95. The maximum Gasteiger partial charge on any atom is 0.414 e. The Labute approximate surface area is 104 Å². The van der Waals surface area contributed by atoms with Crippen LogP contribution >= 0.6 is 11.3 Å². The van der Waals surface area contributed by atoms with Crippen LogP contribution in [0.15, 0.2) is 29.6 Å². The number of thiophene rings is 1. The standard InChI is InChI=1S/C11H8F3NO2S/c12-11(13,14)6-17-15-10(16)8-5-18-9-4-2-1-3-7(8)9/h1-5H,6H2,(H,15,16). The topological polar surface area (TPSA) is 38.3 Å². The average Bonchev–Trinajstić information content (AvgIpc) is 2.70. The molecule has 1 aromatic heterocycles. The number of benzene rings is 1. The third-order valence-corrected chi connectivity index (χ3v) is 3.09. The number of halogens is 3. The molecule has 0 atom stereocenters. The number of fused-ring (bicyclic) bond motifs is 1.